The molecule has 0 amide bonds. The zero-order chi connectivity index (χ0) is 14.8. The van der Waals surface area contributed by atoms with Gasteiger partial charge in [0.1, 0.15) is 0 Å². The van der Waals surface area contributed by atoms with Crippen LogP contribution in [0, 0.1) is 5.92 Å². The molecule has 1 aliphatic rings. The van der Waals surface area contributed by atoms with Crippen molar-refractivity contribution in [3.63, 3.8) is 0 Å². The minimum absolute atomic E-state index is 0.127. The third-order valence-electron chi connectivity index (χ3n) is 4.67. The lowest BCUT2D eigenvalue weighted by molar-refractivity contribution is -0.0772. The van der Waals surface area contributed by atoms with Crippen molar-refractivity contribution in [2.75, 3.05) is 13.2 Å². The third kappa shape index (κ3) is 7.08. The normalized spacial score (nSPS) is 27.1. The molecule has 1 aliphatic carbocycles. The predicted octanol–water partition coefficient (Wildman–Crippen LogP) is 4.92. The van der Waals surface area contributed by atoms with E-state index in [0.29, 0.717) is 6.04 Å². The quantitative estimate of drug-likeness (QED) is 0.575. The molecule has 20 heavy (non-hydrogen) atoms. The molecule has 120 valence electrons. The molecule has 0 atom stereocenters. The van der Waals surface area contributed by atoms with Gasteiger partial charge in [-0.05, 0) is 38.0 Å². The third-order valence-corrected chi connectivity index (χ3v) is 4.67. The number of hydrogen-bond acceptors (Lipinski definition) is 2. The fourth-order valence-corrected chi connectivity index (χ4v) is 3.04. The molecule has 0 saturated heterocycles. The maximum Gasteiger partial charge on any atom is 0.0806 e. The topological polar surface area (TPSA) is 21.3 Å². The van der Waals surface area contributed by atoms with E-state index >= 15 is 0 Å². The Labute approximate surface area is 127 Å². The minimum Gasteiger partial charge on any atom is -0.374 e. The van der Waals surface area contributed by atoms with Crippen LogP contribution in [-0.2, 0) is 4.74 Å². The van der Waals surface area contributed by atoms with E-state index in [2.05, 4.69) is 33.0 Å². The Morgan fingerprint density at radius 3 is 2.35 bits per heavy atom. The van der Waals surface area contributed by atoms with Crippen LogP contribution in [0.25, 0.3) is 0 Å². The van der Waals surface area contributed by atoms with Crippen LogP contribution in [0.15, 0.2) is 0 Å². The summed E-state index contributed by atoms with van der Waals surface area (Å²) in [5.41, 5.74) is 0.127. The second kappa shape index (κ2) is 9.78. The van der Waals surface area contributed by atoms with Crippen molar-refractivity contribution in [1.29, 1.82) is 0 Å². The summed E-state index contributed by atoms with van der Waals surface area (Å²) in [5, 5.41) is 3.61. The minimum atomic E-state index is 0.127. The van der Waals surface area contributed by atoms with Crippen molar-refractivity contribution < 1.29 is 4.74 Å². The van der Waals surface area contributed by atoms with Crippen LogP contribution in [0.5, 0.6) is 0 Å². The summed E-state index contributed by atoms with van der Waals surface area (Å²) in [7, 11) is 0. The molecule has 1 fully saturated rings. The first-order valence-electron chi connectivity index (χ1n) is 8.95. The van der Waals surface area contributed by atoms with Gasteiger partial charge in [0.05, 0.1) is 5.60 Å². The van der Waals surface area contributed by atoms with E-state index < -0.39 is 0 Å². The van der Waals surface area contributed by atoms with Crippen molar-refractivity contribution in [3.8, 4) is 0 Å². The van der Waals surface area contributed by atoms with Crippen LogP contribution >= 0.6 is 0 Å². The Hall–Kier alpha value is -0.0800. The van der Waals surface area contributed by atoms with Crippen molar-refractivity contribution in [2.24, 2.45) is 5.92 Å². The molecule has 1 rings (SSSR count). The number of hydrogen-bond donors (Lipinski definition) is 1. The summed E-state index contributed by atoms with van der Waals surface area (Å²) >= 11 is 0. The Balaban J connectivity index is 2.30. The van der Waals surface area contributed by atoms with E-state index in [1.807, 2.05) is 0 Å². The lowest BCUT2D eigenvalue weighted by Gasteiger charge is -2.40. The monoisotopic (exact) mass is 283 g/mol. The molecule has 0 heterocycles. The first kappa shape index (κ1) is 18.0. The standard InChI is InChI=1S/C18H37NO/c1-5-6-7-8-9-14-20-18(15-19-16(2)3)12-10-17(4)11-13-18/h16-17,19H,5-15H2,1-4H3. The van der Waals surface area contributed by atoms with Gasteiger partial charge in [0.2, 0.25) is 0 Å². The molecule has 1 saturated carbocycles. The van der Waals surface area contributed by atoms with Crippen LogP contribution in [0.3, 0.4) is 0 Å². The Morgan fingerprint density at radius 2 is 1.75 bits per heavy atom. The van der Waals surface area contributed by atoms with Crippen LogP contribution < -0.4 is 5.32 Å². The van der Waals surface area contributed by atoms with Crippen molar-refractivity contribution in [2.45, 2.75) is 97.1 Å². The summed E-state index contributed by atoms with van der Waals surface area (Å²) in [6.07, 6.45) is 11.8. The zero-order valence-corrected chi connectivity index (χ0v) is 14.3. The van der Waals surface area contributed by atoms with Gasteiger partial charge in [-0.3, -0.25) is 0 Å². The first-order chi connectivity index (χ1) is 9.58. The molecular formula is C18H37NO. The average molecular weight is 284 g/mol. The summed E-state index contributed by atoms with van der Waals surface area (Å²) in [5.74, 6) is 0.885. The number of ether oxygens (including phenoxy) is 1. The molecule has 0 aliphatic heterocycles. The Bertz CT molecular complexity index is 232. The molecule has 0 radical (unpaired) electrons. The summed E-state index contributed by atoms with van der Waals surface area (Å²) in [6, 6.07) is 0.555. The molecular weight excluding hydrogens is 246 g/mol. The van der Waals surface area contributed by atoms with Gasteiger partial charge in [-0.25, -0.2) is 0 Å². The van der Waals surface area contributed by atoms with E-state index in [4.69, 9.17) is 4.74 Å². The predicted molar refractivity (Wildman–Crippen MR) is 88.2 cm³/mol. The lowest BCUT2D eigenvalue weighted by atomic mass is 9.79. The maximum absolute atomic E-state index is 6.39. The highest BCUT2D eigenvalue weighted by molar-refractivity contribution is 4.89. The van der Waals surface area contributed by atoms with Crippen LogP contribution in [0.4, 0.5) is 0 Å². The first-order valence-corrected chi connectivity index (χ1v) is 8.95. The van der Waals surface area contributed by atoms with Gasteiger partial charge in [0.15, 0.2) is 0 Å². The second-order valence-electron chi connectivity index (χ2n) is 7.16. The number of unbranched alkanes of at least 4 members (excludes halogenated alkanes) is 4. The molecule has 1 N–H and O–H groups in total. The molecule has 0 aromatic rings. The van der Waals surface area contributed by atoms with Gasteiger partial charge in [0, 0.05) is 19.2 Å². The highest BCUT2D eigenvalue weighted by Gasteiger charge is 2.34. The number of nitrogens with one attached hydrogen (secondary N) is 1. The summed E-state index contributed by atoms with van der Waals surface area (Å²) < 4.78 is 6.39. The molecule has 0 unspecified atom stereocenters. The average Bonchev–Trinajstić information content (AvgIpc) is 2.43. The van der Waals surface area contributed by atoms with E-state index in [1.54, 1.807) is 0 Å². The lowest BCUT2D eigenvalue weighted by Crippen LogP contribution is -2.47. The van der Waals surface area contributed by atoms with Gasteiger partial charge in [-0.1, -0.05) is 53.4 Å². The Morgan fingerprint density at radius 1 is 1.10 bits per heavy atom. The molecule has 2 nitrogen and oxygen atoms in total. The molecule has 0 bridgehead atoms. The van der Waals surface area contributed by atoms with Gasteiger partial charge in [0.25, 0.3) is 0 Å². The van der Waals surface area contributed by atoms with Gasteiger partial charge in [-0.2, -0.15) is 0 Å². The maximum atomic E-state index is 6.39. The molecule has 0 spiro atoms. The number of rotatable bonds is 10. The van der Waals surface area contributed by atoms with Crippen LogP contribution in [-0.4, -0.2) is 24.8 Å². The summed E-state index contributed by atoms with van der Waals surface area (Å²) in [4.78, 5) is 0. The highest BCUT2D eigenvalue weighted by atomic mass is 16.5. The van der Waals surface area contributed by atoms with Crippen molar-refractivity contribution in [3.05, 3.63) is 0 Å². The van der Waals surface area contributed by atoms with E-state index in [-0.39, 0.29) is 5.60 Å². The second-order valence-corrected chi connectivity index (χ2v) is 7.16. The smallest absolute Gasteiger partial charge is 0.0806 e. The van der Waals surface area contributed by atoms with Crippen molar-refractivity contribution in [1.82, 2.24) is 5.32 Å². The van der Waals surface area contributed by atoms with Gasteiger partial charge < -0.3 is 10.1 Å². The van der Waals surface area contributed by atoms with Crippen molar-refractivity contribution >= 4 is 0 Å². The molecule has 0 aromatic heterocycles. The SMILES string of the molecule is CCCCCCCOC1(CNC(C)C)CCC(C)CC1. The van der Waals surface area contributed by atoms with Gasteiger partial charge >= 0.3 is 0 Å². The van der Waals surface area contributed by atoms with Gasteiger partial charge in [-0.15, -0.1) is 0 Å². The Kier molecular flexibility index (Phi) is 8.79. The highest BCUT2D eigenvalue weighted by Crippen LogP contribution is 2.34. The molecule has 2 heteroatoms. The van der Waals surface area contributed by atoms with Crippen LogP contribution in [0.1, 0.15) is 85.5 Å². The van der Waals surface area contributed by atoms with E-state index in [1.165, 1.54) is 57.8 Å². The fraction of sp³-hybridized carbons (Fsp3) is 1.00. The van der Waals surface area contributed by atoms with Crippen LogP contribution in [0.2, 0.25) is 0 Å². The largest absolute Gasteiger partial charge is 0.374 e. The van der Waals surface area contributed by atoms with E-state index in [9.17, 15) is 0 Å². The summed E-state index contributed by atoms with van der Waals surface area (Å²) in [6.45, 7) is 11.1. The molecule has 0 aromatic carbocycles. The fourth-order valence-electron chi connectivity index (χ4n) is 3.04. The van der Waals surface area contributed by atoms with E-state index in [0.717, 1.165) is 19.1 Å². The zero-order valence-electron chi connectivity index (χ0n) is 14.3.